The first kappa shape index (κ1) is 8.92. The van der Waals surface area contributed by atoms with Crippen molar-refractivity contribution in [3.63, 3.8) is 0 Å². The maximum atomic E-state index is 10.4. The van der Waals surface area contributed by atoms with Gasteiger partial charge in [-0.15, -0.1) is 0 Å². The van der Waals surface area contributed by atoms with E-state index in [2.05, 4.69) is 9.86 Å². The Morgan fingerprint density at radius 3 is 2.36 bits per heavy atom. The first-order chi connectivity index (χ1) is 4.91. The highest BCUT2D eigenvalue weighted by Gasteiger charge is 2.34. The first-order valence-electron chi connectivity index (χ1n) is 3.41. The molecule has 0 heterocycles. The molecule has 0 atom stereocenters. The van der Waals surface area contributed by atoms with Crippen LogP contribution in [0.3, 0.4) is 0 Å². The van der Waals surface area contributed by atoms with Crippen LogP contribution in [-0.2, 0) is 10.2 Å². The van der Waals surface area contributed by atoms with Crippen LogP contribution in [0.15, 0.2) is 0 Å². The van der Waals surface area contributed by atoms with Gasteiger partial charge in [0.1, 0.15) is 0 Å². The fourth-order valence-electron chi connectivity index (χ4n) is 0.997. The Hall–Kier alpha value is -0.170. The van der Waals surface area contributed by atoms with E-state index in [0.29, 0.717) is 12.8 Å². The minimum atomic E-state index is -3.64. The third-order valence-electron chi connectivity index (χ3n) is 1.89. The summed E-state index contributed by atoms with van der Waals surface area (Å²) in [5.41, 5.74) is -0.841. The zero-order valence-electron chi connectivity index (χ0n) is 6.08. The lowest BCUT2D eigenvalue weighted by atomic mass is 9.81. The van der Waals surface area contributed by atoms with Crippen LogP contribution < -0.4 is 9.86 Å². The second kappa shape index (κ2) is 2.71. The predicted octanol–water partition coefficient (Wildman–Crippen LogP) is -1.31. The van der Waals surface area contributed by atoms with Crippen LogP contribution in [0.5, 0.6) is 0 Å². The molecule has 1 rings (SSSR count). The highest BCUT2D eigenvalue weighted by atomic mass is 32.2. The third-order valence-corrected chi connectivity index (χ3v) is 2.43. The molecule has 4 N–H and O–H groups in total. The van der Waals surface area contributed by atoms with Crippen molar-refractivity contribution in [3.8, 4) is 0 Å². The van der Waals surface area contributed by atoms with Gasteiger partial charge in [0.15, 0.2) is 0 Å². The standard InChI is InChI=1S/C5H12N2O3S/c6-11(9,10)7-4-5(8)2-1-3-5/h7-8H,1-4H2,(H2,6,9,10). The summed E-state index contributed by atoms with van der Waals surface area (Å²) in [5.74, 6) is 0. The number of rotatable bonds is 3. The Bertz CT molecular complexity index is 232. The van der Waals surface area contributed by atoms with Gasteiger partial charge in [-0.3, -0.25) is 0 Å². The third kappa shape index (κ3) is 2.74. The molecule has 11 heavy (non-hydrogen) atoms. The highest BCUT2D eigenvalue weighted by molar-refractivity contribution is 7.87. The van der Waals surface area contributed by atoms with Gasteiger partial charge < -0.3 is 5.11 Å². The summed E-state index contributed by atoms with van der Waals surface area (Å²) < 4.78 is 22.8. The van der Waals surface area contributed by atoms with E-state index in [1.165, 1.54) is 0 Å². The van der Waals surface area contributed by atoms with Crippen molar-refractivity contribution < 1.29 is 13.5 Å². The Morgan fingerprint density at radius 1 is 1.55 bits per heavy atom. The predicted molar refractivity (Wildman–Crippen MR) is 39.9 cm³/mol. The minimum absolute atomic E-state index is 0.0336. The van der Waals surface area contributed by atoms with Crippen LogP contribution in [0.2, 0.25) is 0 Å². The fourth-order valence-corrected chi connectivity index (χ4v) is 1.47. The average molecular weight is 180 g/mol. The Morgan fingerprint density at radius 2 is 2.09 bits per heavy atom. The molecule has 0 radical (unpaired) electrons. The van der Waals surface area contributed by atoms with Gasteiger partial charge in [-0.25, -0.2) is 5.14 Å². The van der Waals surface area contributed by atoms with Gasteiger partial charge in [-0.2, -0.15) is 13.1 Å². The quantitative estimate of drug-likeness (QED) is 0.503. The van der Waals surface area contributed by atoms with Gasteiger partial charge in [0.05, 0.1) is 5.60 Å². The SMILES string of the molecule is NS(=O)(=O)NCC1(O)CCC1. The number of hydrogen-bond donors (Lipinski definition) is 3. The van der Waals surface area contributed by atoms with E-state index >= 15 is 0 Å². The molecule has 0 aromatic carbocycles. The van der Waals surface area contributed by atoms with E-state index in [9.17, 15) is 13.5 Å². The van der Waals surface area contributed by atoms with E-state index in [1.807, 2.05) is 0 Å². The van der Waals surface area contributed by atoms with E-state index < -0.39 is 15.8 Å². The lowest BCUT2D eigenvalue weighted by molar-refractivity contribution is -0.0270. The van der Waals surface area contributed by atoms with Gasteiger partial charge in [0, 0.05) is 6.54 Å². The van der Waals surface area contributed by atoms with Gasteiger partial charge in [-0.05, 0) is 19.3 Å². The molecule has 0 amide bonds. The highest BCUT2D eigenvalue weighted by Crippen LogP contribution is 2.30. The zero-order chi connectivity index (χ0) is 8.54. The van der Waals surface area contributed by atoms with E-state index in [4.69, 9.17) is 0 Å². The summed E-state index contributed by atoms with van der Waals surface area (Å²) in [6.07, 6.45) is 2.24. The Balaban J connectivity index is 2.33. The van der Waals surface area contributed by atoms with Gasteiger partial charge in [-0.1, -0.05) is 0 Å². The molecule has 0 aliphatic heterocycles. The van der Waals surface area contributed by atoms with Gasteiger partial charge in [0.2, 0.25) is 0 Å². The average Bonchev–Trinajstić information content (AvgIpc) is 1.77. The molecule has 1 fully saturated rings. The molecule has 1 aliphatic rings. The molecule has 1 saturated carbocycles. The van der Waals surface area contributed by atoms with Crippen molar-refractivity contribution >= 4 is 10.2 Å². The molecular formula is C5H12N2O3S. The van der Waals surface area contributed by atoms with E-state index in [1.54, 1.807) is 0 Å². The molecule has 6 heteroatoms. The Labute approximate surface area is 65.8 Å². The smallest absolute Gasteiger partial charge is 0.274 e. The van der Waals surface area contributed by atoms with Crippen LogP contribution in [0, 0.1) is 0 Å². The molecule has 66 valence electrons. The maximum Gasteiger partial charge on any atom is 0.274 e. The second-order valence-corrected chi connectivity index (χ2v) is 4.32. The molecule has 1 aliphatic carbocycles. The number of nitrogens with two attached hydrogens (primary N) is 1. The van der Waals surface area contributed by atoms with Gasteiger partial charge in [0.25, 0.3) is 10.2 Å². The van der Waals surface area contributed by atoms with Crippen LogP contribution in [0.1, 0.15) is 19.3 Å². The zero-order valence-corrected chi connectivity index (χ0v) is 6.89. The molecule has 0 aromatic rings. The summed E-state index contributed by atoms with van der Waals surface area (Å²) in [7, 11) is -3.64. The molecule has 0 saturated heterocycles. The molecular weight excluding hydrogens is 168 g/mol. The van der Waals surface area contributed by atoms with Crippen LogP contribution in [0.25, 0.3) is 0 Å². The number of hydrogen-bond acceptors (Lipinski definition) is 3. The monoisotopic (exact) mass is 180 g/mol. The summed E-state index contributed by atoms with van der Waals surface area (Å²) >= 11 is 0. The van der Waals surface area contributed by atoms with Crippen molar-refractivity contribution in [1.29, 1.82) is 0 Å². The summed E-state index contributed by atoms with van der Waals surface area (Å²) in [4.78, 5) is 0. The lowest BCUT2D eigenvalue weighted by Gasteiger charge is -2.36. The normalized spacial score (nSPS) is 22.7. The van der Waals surface area contributed by atoms with Crippen molar-refractivity contribution in [3.05, 3.63) is 0 Å². The maximum absolute atomic E-state index is 10.4. The van der Waals surface area contributed by atoms with Crippen LogP contribution in [0.4, 0.5) is 0 Å². The topological polar surface area (TPSA) is 92.4 Å². The van der Waals surface area contributed by atoms with Crippen molar-refractivity contribution in [2.45, 2.75) is 24.9 Å². The molecule has 0 aromatic heterocycles. The largest absolute Gasteiger partial charge is 0.389 e. The van der Waals surface area contributed by atoms with Crippen molar-refractivity contribution in [2.75, 3.05) is 6.54 Å². The fraction of sp³-hybridized carbons (Fsp3) is 1.00. The molecule has 0 unspecified atom stereocenters. The van der Waals surface area contributed by atoms with Crippen LogP contribution >= 0.6 is 0 Å². The molecule has 5 nitrogen and oxygen atoms in total. The number of aliphatic hydroxyl groups is 1. The van der Waals surface area contributed by atoms with Crippen LogP contribution in [-0.4, -0.2) is 25.7 Å². The van der Waals surface area contributed by atoms with Crippen molar-refractivity contribution in [1.82, 2.24) is 4.72 Å². The van der Waals surface area contributed by atoms with Crippen molar-refractivity contribution in [2.24, 2.45) is 5.14 Å². The summed E-state index contributed by atoms with van der Waals surface area (Å²) in [6, 6.07) is 0. The Kier molecular flexibility index (Phi) is 2.19. The number of nitrogens with one attached hydrogen (secondary N) is 1. The summed E-state index contributed by atoms with van der Waals surface area (Å²) in [6.45, 7) is 0.0336. The lowest BCUT2D eigenvalue weighted by Crippen LogP contribution is -2.49. The second-order valence-electron chi connectivity index (χ2n) is 2.94. The van der Waals surface area contributed by atoms with E-state index in [-0.39, 0.29) is 6.54 Å². The summed E-state index contributed by atoms with van der Waals surface area (Å²) in [5, 5.41) is 14.1. The van der Waals surface area contributed by atoms with E-state index in [0.717, 1.165) is 6.42 Å². The first-order valence-corrected chi connectivity index (χ1v) is 4.96. The minimum Gasteiger partial charge on any atom is -0.389 e. The molecule has 0 spiro atoms. The molecule has 0 bridgehead atoms. The van der Waals surface area contributed by atoms with Gasteiger partial charge >= 0.3 is 0 Å².